The highest BCUT2D eigenvalue weighted by Gasteiger charge is 2.19. The van der Waals surface area contributed by atoms with Crippen molar-refractivity contribution in [3.05, 3.63) is 75.6 Å². The Hall–Kier alpha value is -2.59. The van der Waals surface area contributed by atoms with Gasteiger partial charge in [0.2, 0.25) is 0 Å². The highest BCUT2D eigenvalue weighted by molar-refractivity contribution is 5.81. The highest BCUT2D eigenvalue weighted by Crippen LogP contribution is 2.22. The van der Waals surface area contributed by atoms with E-state index in [9.17, 15) is 4.79 Å². The van der Waals surface area contributed by atoms with Crippen LogP contribution in [0.2, 0.25) is 0 Å². The van der Waals surface area contributed by atoms with E-state index in [1.165, 1.54) is 12.8 Å². The van der Waals surface area contributed by atoms with Gasteiger partial charge in [-0.2, -0.15) is 0 Å². The maximum atomic E-state index is 13.2. The summed E-state index contributed by atoms with van der Waals surface area (Å²) in [7, 11) is 0. The molecule has 0 unspecified atom stereocenters. The molecule has 28 heavy (non-hydrogen) atoms. The molecule has 1 saturated heterocycles. The lowest BCUT2D eigenvalue weighted by Gasteiger charge is -2.30. The van der Waals surface area contributed by atoms with Crippen LogP contribution in [0, 0.1) is 12.8 Å². The van der Waals surface area contributed by atoms with Crippen LogP contribution < -0.4 is 10.2 Å². The average Bonchev–Trinajstić information content (AvgIpc) is 2.72. The van der Waals surface area contributed by atoms with Gasteiger partial charge in [0.1, 0.15) is 12.4 Å². The third-order valence-electron chi connectivity index (χ3n) is 5.79. The van der Waals surface area contributed by atoms with Crippen molar-refractivity contribution in [1.82, 2.24) is 9.88 Å². The smallest absolute Gasteiger partial charge is 0.194 e. The summed E-state index contributed by atoms with van der Waals surface area (Å²) in [5, 5.41) is 0.705. The van der Waals surface area contributed by atoms with Crippen molar-refractivity contribution < 1.29 is 4.74 Å². The molecule has 1 aliphatic heterocycles. The summed E-state index contributed by atoms with van der Waals surface area (Å²) in [6, 6.07) is 15.8. The van der Waals surface area contributed by atoms with Crippen molar-refractivity contribution >= 4 is 10.9 Å². The Balaban J connectivity index is 1.58. The number of aromatic nitrogens is 1. The second kappa shape index (κ2) is 8.19. The van der Waals surface area contributed by atoms with E-state index in [0.29, 0.717) is 12.0 Å². The number of benzene rings is 2. The fraction of sp³-hybridized carbons (Fsp3) is 0.375. The Bertz CT molecular complexity index is 1000. The monoisotopic (exact) mass is 376 g/mol. The van der Waals surface area contributed by atoms with Crippen LogP contribution in [0.25, 0.3) is 10.9 Å². The van der Waals surface area contributed by atoms with Crippen LogP contribution in [0.5, 0.6) is 5.75 Å². The lowest BCUT2D eigenvalue weighted by molar-refractivity contribution is 0.184. The van der Waals surface area contributed by atoms with Crippen LogP contribution in [0.3, 0.4) is 0 Å². The molecule has 4 rings (SSSR count). The normalized spacial score (nSPS) is 15.8. The van der Waals surface area contributed by atoms with Crippen LogP contribution in [-0.2, 0) is 13.2 Å². The van der Waals surface area contributed by atoms with E-state index in [2.05, 4.69) is 16.8 Å². The van der Waals surface area contributed by atoms with Gasteiger partial charge in [0, 0.05) is 28.7 Å². The first-order valence-corrected chi connectivity index (χ1v) is 10.1. The van der Waals surface area contributed by atoms with Crippen LogP contribution >= 0.6 is 0 Å². The Morgan fingerprint density at radius 1 is 1.11 bits per heavy atom. The molecular formula is C24H28N2O2. The Kier molecular flexibility index (Phi) is 5.49. The van der Waals surface area contributed by atoms with Gasteiger partial charge < -0.3 is 9.72 Å². The first-order chi connectivity index (χ1) is 13.6. The van der Waals surface area contributed by atoms with Crippen LogP contribution in [0.1, 0.15) is 36.6 Å². The number of hydrogen-bond donors (Lipinski definition) is 1. The Morgan fingerprint density at radius 3 is 2.61 bits per heavy atom. The van der Waals surface area contributed by atoms with Gasteiger partial charge in [-0.25, -0.2) is 0 Å². The number of nitrogens with zero attached hydrogens (tertiary/aromatic N) is 1. The van der Waals surface area contributed by atoms with Crippen LogP contribution in [0.15, 0.2) is 53.3 Å². The lowest BCUT2D eigenvalue weighted by atomic mass is 9.98. The van der Waals surface area contributed by atoms with E-state index in [1.54, 1.807) is 0 Å². The minimum absolute atomic E-state index is 0.120. The molecular weight excluding hydrogens is 348 g/mol. The molecule has 146 valence electrons. The number of H-pyrrole nitrogens is 1. The predicted molar refractivity (Wildman–Crippen MR) is 114 cm³/mol. The number of hydrogen-bond acceptors (Lipinski definition) is 3. The molecule has 0 aliphatic carbocycles. The van der Waals surface area contributed by atoms with E-state index in [-0.39, 0.29) is 5.43 Å². The SMILES string of the molecule is Cc1[nH]c2ccc(OCc3ccccc3)cc2c(=O)c1CN1CCC(C)CC1. The number of aryl methyl sites for hydroxylation is 1. The predicted octanol–water partition coefficient (Wildman–Crippen LogP) is 4.65. The second-order valence-corrected chi connectivity index (χ2v) is 8.00. The van der Waals surface area contributed by atoms with E-state index in [0.717, 1.165) is 53.6 Å². The summed E-state index contributed by atoms with van der Waals surface area (Å²) in [5.74, 6) is 1.51. The number of aromatic amines is 1. The summed E-state index contributed by atoms with van der Waals surface area (Å²) >= 11 is 0. The third-order valence-corrected chi connectivity index (χ3v) is 5.79. The standard InChI is InChI=1S/C24H28N2O2/c1-17-10-12-26(13-11-17)15-22-18(2)25-23-9-8-20(14-21(23)24(22)27)28-16-19-6-4-3-5-7-19/h3-9,14,17H,10-13,15-16H2,1-2H3,(H,25,27). The molecule has 2 heterocycles. The molecule has 4 heteroatoms. The van der Waals surface area contributed by atoms with Crippen molar-refractivity contribution in [2.45, 2.75) is 39.8 Å². The molecule has 0 spiro atoms. The molecule has 2 aromatic carbocycles. The molecule has 1 aliphatic rings. The summed E-state index contributed by atoms with van der Waals surface area (Å²) < 4.78 is 5.92. The van der Waals surface area contributed by atoms with Gasteiger partial charge >= 0.3 is 0 Å². The molecule has 0 saturated carbocycles. The van der Waals surface area contributed by atoms with Gasteiger partial charge in [-0.15, -0.1) is 0 Å². The summed E-state index contributed by atoms with van der Waals surface area (Å²) in [4.78, 5) is 19.0. The largest absolute Gasteiger partial charge is 0.489 e. The maximum Gasteiger partial charge on any atom is 0.194 e. The molecule has 0 atom stereocenters. The maximum absolute atomic E-state index is 13.2. The third kappa shape index (κ3) is 4.12. The number of pyridine rings is 1. The zero-order chi connectivity index (χ0) is 19.5. The lowest BCUT2D eigenvalue weighted by Crippen LogP contribution is -2.34. The van der Waals surface area contributed by atoms with Gasteiger partial charge in [-0.05, 0) is 62.5 Å². The summed E-state index contributed by atoms with van der Waals surface area (Å²) in [5.41, 5.74) is 3.94. The Labute approximate surface area is 166 Å². The van der Waals surface area contributed by atoms with Crippen LogP contribution in [-0.4, -0.2) is 23.0 Å². The van der Waals surface area contributed by atoms with Gasteiger partial charge in [-0.1, -0.05) is 37.3 Å². The molecule has 0 radical (unpaired) electrons. The first kappa shape index (κ1) is 18.8. The number of likely N-dealkylation sites (tertiary alicyclic amines) is 1. The zero-order valence-electron chi connectivity index (χ0n) is 16.7. The molecule has 0 bridgehead atoms. The van der Waals surface area contributed by atoms with Gasteiger partial charge in [0.05, 0.1) is 0 Å². The number of fused-ring (bicyclic) bond motifs is 1. The van der Waals surface area contributed by atoms with Crippen LogP contribution in [0.4, 0.5) is 0 Å². The molecule has 0 amide bonds. The van der Waals surface area contributed by atoms with Gasteiger partial charge in [0.25, 0.3) is 0 Å². The van der Waals surface area contributed by atoms with E-state index in [4.69, 9.17) is 4.74 Å². The van der Waals surface area contributed by atoms with E-state index >= 15 is 0 Å². The number of piperidine rings is 1. The number of rotatable bonds is 5. The van der Waals surface area contributed by atoms with E-state index < -0.39 is 0 Å². The fourth-order valence-corrected chi connectivity index (χ4v) is 3.90. The topological polar surface area (TPSA) is 45.3 Å². The number of nitrogens with one attached hydrogen (secondary N) is 1. The summed E-state index contributed by atoms with van der Waals surface area (Å²) in [6.07, 6.45) is 2.42. The average molecular weight is 377 g/mol. The van der Waals surface area contributed by atoms with Gasteiger partial charge in [-0.3, -0.25) is 9.69 Å². The highest BCUT2D eigenvalue weighted by atomic mass is 16.5. The summed E-state index contributed by atoms with van der Waals surface area (Å²) in [6.45, 7) is 7.66. The van der Waals surface area contributed by atoms with Crippen molar-refractivity contribution in [2.75, 3.05) is 13.1 Å². The zero-order valence-corrected chi connectivity index (χ0v) is 16.7. The molecule has 3 aromatic rings. The quantitative estimate of drug-likeness (QED) is 0.705. The van der Waals surface area contributed by atoms with Crippen molar-refractivity contribution in [1.29, 1.82) is 0 Å². The fourth-order valence-electron chi connectivity index (χ4n) is 3.90. The molecule has 4 nitrogen and oxygen atoms in total. The minimum Gasteiger partial charge on any atom is -0.489 e. The molecule has 1 fully saturated rings. The van der Waals surface area contributed by atoms with Crippen molar-refractivity contribution in [2.24, 2.45) is 5.92 Å². The number of ether oxygens (including phenoxy) is 1. The van der Waals surface area contributed by atoms with Gasteiger partial charge in [0.15, 0.2) is 5.43 Å². The van der Waals surface area contributed by atoms with E-state index in [1.807, 2.05) is 55.5 Å². The van der Waals surface area contributed by atoms with Crippen molar-refractivity contribution in [3.8, 4) is 5.75 Å². The first-order valence-electron chi connectivity index (χ1n) is 10.1. The van der Waals surface area contributed by atoms with Crippen molar-refractivity contribution in [3.63, 3.8) is 0 Å². The minimum atomic E-state index is 0.120. The molecule has 1 N–H and O–H groups in total. The Morgan fingerprint density at radius 2 is 1.86 bits per heavy atom. The molecule has 1 aromatic heterocycles. The second-order valence-electron chi connectivity index (χ2n) is 8.00.